The van der Waals surface area contributed by atoms with Crippen LogP contribution in [0.3, 0.4) is 0 Å². The number of anilines is 1. The van der Waals surface area contributed by atoms with Crippen LogP contribution < -0.4 is 10.1 Å². The first-order chi connectivity index (χ1) is 13.4. The van der Waals surface area contributed by atoms with E-state index in [1.54, 1.807) is 16.9 Å². The molecule has 0 saturated carbocycles. The zero-order valence-corrected chi connectivity index (χ0v) is 15.9. The second kappa shape index (κ2) is 8.13. The van der Waals surface area contributed by atoms with Crippen LogP contribution in [-0.2, 0) is 13.2 Å². The molecule has 0 aliphatic carbocycles. The Labute approximate surface area is 165 Å². The quantitative estimate of drug-likeness (QED) is 0.466. The Kier molecular flexibility index (Phi) is 5.65. The van der Waals surface area contributed by atoms with Gasteiger partial charge in [-0.3, -0.25) is 19.6 Å². The third-order valence-corrected chi connectivity index (χ3v) is 4.33. The highest BCUT2D eigenvalue weighted by molar-refractivity contribution is 6.32. The Balaban J connectivity index is 1.63. The number of nitro groups is 1. The first-order valence-electron chi connectivity index (χ1n) is 8.38. The number of non-ortho nitro benzene ring substituents is 1. The minimum atomic E-state index is -0.543. The summed E-state index contributed by atoms with van der Waals surface area (Å²) in [6, 6.07) is 7.05. The molecule has 2 aromatic heterocycles. The van der Waals surface area contributed by atoms with Crippen molar-refractivity contribution in [2.24, 2.45) is 0 Å². The number of ether oxygens (including phenoxy) is 1. The fourth-order valence-corrected chi connectivity index (χ4v) is 2.75. The van der Waals surface area contributed by atoms with Crippen LogP contribution in [0.4, 0.5) is 11.4 Å². The number of nitro benzene ring substituents is 1. The summed E-state index contributed by atoms with van der Waals surface area (Å²) < 4.78 is 12.8. The lowest BCUT2D eigenvalue weighted by atomic mass is 10.3. The first kappa shape index (κ1) is 19.4. The summed E-state index contributed by atoms with van der Waals surface area (Å²) in [5.41, 5.74) is 1.33. The molecule has 146 valence electrons. The number of aryl methyl sites for hydroxylation is 1. The summed E-state index contributed by atoms with van der Waals surface area (Å²) >= 11 is 5.98. The SMILES string of the molecule is CCn1ncc(NC(=O)c2ccc(COc3ccc([N+](=O)[O-])cc3Cl)o2)c1C. The topological polar surface area (TPSA) is 112 Å². The maximum atomic E-state index is 12.3. The summed E-state index contributed by atoms with van der Waals surface area (Å²) in [5.74, 6) is 0.397. The Bertz CT molecular complexity index is 1030. The van der Waals surface area contributed by atoms with E-state index in [2.05, 4.69) is 10.4 Å². The second-order valence-corrected chi connectivity index (χ2v) is 6.25. The number of carbonyl (C=O) groups excluding carboxylic acids is 1. The van der Waals surface area contributed by atoms with E-state index in [4.69, 9.17) is 20.8 Å². The maximum Gasteiger partial charge on any atom is 0.291 e. The molecule has 0 radical (unpaired) electrons. The molecule has 0 atom stereocenters. The molecule has 9 nitrogen and oxygen atoms in total. The fourth-order valence-electron chi connectivity index (χ4n) is 2.52. The minimum Gasteiger partial charge on any atom is -0.484 e. The molecular weight excluding hydrogens is 388 g/mol. The summed E-state index contributed by atoms with van der Waals surface area (Å²) in [7, 11) is 0. The van der Waals surface area contributed by atoms with Crippen LogP contribution in [0.1, 0.15) is 28.9 Å². The van der Waals surface area contributed by atoms with Crippen LogP contribution in [0.2, 0.25) is 5.02 Å². The van der Waals surface area contributed by atoms with Crippen LogP contribution in [0.5, 0.6) is 5.75 Å². The second-order valence-electron chi connectivity index (χ2n) is 5.84. The zero-order valence-electron chi connectivity index (χ0n) is 15.1. The van der Waals surface area contributed by atoms with Crippen LogP contribution in [-0.4, -0.2) is 20.6 Å². The summed E-state index contributed by atoms with van der Waals surface area (Å²) in [4.78, 5) is 22.5. The molecule has 10 heteroatoms. The van der Waals surface area contributed by atoms with Gasteiger partial charge in [0.15, 0.2) is 5.76 Å². The van der Waals surface area contributed by atoms with Gasteiger partial charge in [0.2, 0.25) is 0 Å². The first-order valence-corrected chi connectivity index (χ1v) is 8.76. The number of rotatable bonds is 7. The van der Waals surface area contributed by atoms with Crippen LogP contribution in [0, 0.1) is 17.0 Å². The highest BCUT2D eigenvalue weighted by Crippen LogP contribution is 2.29. The lowest BCUT2D eigenvalue weighted by Crippen LogP contribution is -2.11. The lowest BCUT2D eigenvalue weighted by Gasteiger charge is -2.06. The number of nitrogens with zero attached hydrogens (tertiary/aromatic N) is 3. The largest absolute Gasteiger partial charge is 0.484 e. The van der Waals surface area contributed by atoms with Crippen molar-refractivity contribution in [1.29, 1.82) is 0 Å². The lowest BCUT2D eigenvalue weighted by molar-refractivity contribution is -0.384. The Morgan fingerprint density at radius 1 is 1.39 bits per heavy atom. The van der Waals surface area contributed by atoms with Crippen molar-refractivity contribution in [2.75, 3.05) is 5.32 Å². The molecule has 0 unspecified atom stereocenters. The van der Waals surface area contributed by atoms with Gasteiger partial charge in [-0.25, -0.2) is 0 Å². The van der Waals surface area contributed by atoms with Gasteiger partial charge in [0.25, 0.3) is 11.6 Å². The molecule has 0 fully saturated rings. The van der Waals surface area contributed by atoms with Crippen LogP contribution in [0.25, 0.3) is 0 Å². The number of hydrogen-bond acceptors (Lipinski definition) is 6. The van der Waals surface area contributed by atoms with Gasteiger partial charge in [-0.05, 0) is 32.0 Å². The number of aromatic nitrogens is 2. The maximum absolute atomic E-state index is 12.3. The van der Waals surface area contributed by atoms with E-state index < -0.39 is 10.8 Å². The number of amides is 1. The highest BCUT2D eigenvalue weighted by Gasteiger charge is 2.16. The van der Waals surface area contributed by atoms with Gasteiger partial charge in [-0.15, -0.1) is 0 Å². The van der Waals surface area contributed by atoms with E-state index in [1.807, 2.05) is 13.8 Å². The Morgan fingerprint density at radius 2 is 2.18 bits per heavy atom. The molecule has 0 spiro atoms. The predicted molar refractivity (Wildman–Crippen MR) is 102 cm³/mol. The van der Waals surface area contributed by atoms with Crippen molar-refractivity contribution in [2.45, 2.75) is 27.0 Å². The van der Waals surface area contributed by atoms with Crippen molar-refractivity contribution in [1.82, 2.24) is 9.78 Å². The number of halogens is 1. The number of hydrogen-bond donors (Lipinski definition) is 1. The van der Waals surface area contributed by atoms with E-state index in [9.17, 15) is 14.9 Å². The van der Waals surface area contributed by atoms with Crippen molar-refractivity contribution in [3.8, 4) is 5.75 Å². The van der Waals surface area contributed by atoms with E-state index in [0.29, 0.717) is 18.0 Å². The van der Waals surface area contributed by atoms with Gasteiger partial charge in [-0.2, -0.15) is 5.10 Å². The van der Waals surface area contributed by atoms with Crippen molar-refractivity contribution in [3.63, 3.8) is 0 Å². The van der Waals surface area contributed by atoms with Crippen LogP contribution >= 0.6 is 11.6 Å². The Morgan fingerprint density at radius 3 is 2.82 bits per heavy atom. The fraction of sp³-hybridized carbons (Fsp3) is 0.222. The van der Waals surface area contributed by atoms with Crippen molar-refractivity contribution in [3.05, 3.63) is 68.9 Å². The number of furan rings is 1. The van der Waals surface area contributed by atoms with Crippen molar-refractivity contribution < 1.29 is 18.9 Å². The summed E-state index contributed by atoms with van der Waals surface area (Å²) in [5, 5.41) is 17.8. The van der Waals surface area contributed by atoms with Crippen LogP contribution in [0.15, 0.2) is 40.9 Å². The molecule has 0 aliphatic heterocycles. The standard InChI is InChI=1S/C18H17ClN4O5/c1-3-22-11(2)15(9-20-22)21-18(24)17-7-5-13(28-17)10-27-16-6-4-12(23(25)26)8-14(16)19/h4-9H,3,10H2,1-2H3,(H,21,24). The normalized spacial score (nSPS) is 10.7. The number of carbonyl (C=O) groups is 1. The van der Waals surface area contributed by atoms with Gasteiger partial charge in [0.1, 0.15) is 18.1 Å². The van der Waals surface area contributed by atoms with E-state index in [1.165, 1.54) is 24.3 Å². The van der Waals surface area contributed by atoms with Gasteiger partial charge < -0.3 is 14.5 Å². The van der Waals surface area contributed by atoms with Gasteiger partial charge in [0, 0.05) is 18.7 Å². The smallest absolute Gasteiger partial charge is 0.291 e. The van der Waals surface area contributed by atoms with Gasteiger partial charge in [-0.1, -0.05) is 11.6 Å². The zero-order chi connectivity index (χ0) is 20.3. The monoisotopic (exact) mass is 404 g/mol. The molecule has 28 heavy (non-hydrogen) atoms. The average molecular weight is 405 g/mol. The molecule has 1 aromatic carbocycles. The molecule has 1 N–H and O–H groups in total. The Hall–Kier alpha value is -3.33. The minimum absolute atomic E-state index is 0.0115. The third-order valence-electron chi connectivity index (χ3n) is 4.03. The number of benzene rings is 1. The molecule has 3 aromatic rings. The van der Waals surface area contributed by atoms with E-state index in [0.717, 1.165) is 5.69 Å². The summed E-state index contributed by atoms with van der Waals surface area (Å²) in [6.07, 6.45) is 1.58. The molecule has 3 rings (SSSR count). The number of nitrogens with one attached hydrogen (secondary N) is 1. The molecule has 1 amide bonds. The van der Waals surface area contributed by atoms with Crippen molar-refractivity contribution >= 4 is 28.9 Å². The van der Waals surface area contributed by atoms with E-state index >= 15 is 0 Å². The van der Waals surface area contributed by atoms with E-state index in [-0.39, 0.29) is 28.8 Å². The third kappa shape index (κ3) is 4.15. The highest BCUT2D eigenvalue weighted by atomic mass is 35.5. The van der Waals surface area contributed by atoms with Gasteiger partial charge in [0.05, 0.1) is 27.5 Å². The molecule has 2 heterocycles. The molecule has 0 bridgehead atoms. The molecule has 0 saturated heterocycles. The predicted octanol–water partition coefficient (Wildman–Crippen LogP) is 4.20. The summed E-state index contributed by atoms with van der Waals surface area (Å²) in [6.45, 7) is 4.54. The van der Waals surface area contributed by atoms with Gasteiger partial charge >= 0.3 is 0 Å². The average Bonchev–Trinajstić information content (AvgIpc) is 3.28. The molecular formula is C18H17ClN4O5. The molecule has 0 aliphatic rings.